The van der Waals surface area contributed by atoms with Gasteiger partial charge in [0.1, 0.15) is 11.5 Å². The summed E-state index contributed by atoms with van der Waals surface area (Å²) < 4.78 is 10.3. The van der Waals surface area contributed by atoms with Crippen molar-refractivity contribution in [1.82, 2.24) is 0 Å². The lowest BCUT2D eigenvalue weighted by Crippen LogP contribution is -2.17. The molecular formula is C14H10Cl2O3. The number of halogens is 2. The highest BCUT2D eigenvalue weighted by atomic mass is 35.5. The van der Waals surface area contributed by atoms with Gasteiger partial charge in [-0.25, -0.2) is 4.79 Å². The summed E-state index contributed by atoms with van der Waals surface area (Å²) in [5.74, 6) is 0.331. The highest BCUT2D eigenvalue weighted by Crippen LogP contribution is 2.23. The molecule has 0 heterocycles. The molecule has 0 saturated carbocycles. The lowest BCUT2D eigenvalue weighted by atomic mass is 10.3. The number of hydrogen-bond acceptors (Lipinski definition) is 3. The van der Waals surface area contributed by atoms with Crippen molar-refractivity contribution in [3.05, 3.63) is 58.6 Å². The second-order valence-corrected chi connectivity index (χ2v) is 4.49. The topological polar surface area (TPSA) is 35.5 Å². The highest BCUT2D eigenvalue weighted by molar-refractivity contribution is 6.32. The van der Waals surface area contributed by atoms with Gasteiger partial charge in [0.2, 0.25) is 0 Å². The fourth-order valence-corrected chi connectivity index (χ4v) is 1.65. The van der Waals surface area contributed by atoms with E-state index in [1.807, 2.05) is 0 Å². The Morgan fingerprint density at radius 1 is 1.00 bits per heavy atom. The Morgan fingerprint density at radius 3 is 2.37 bits per heavy atom. The van der Waals surface area contributed by atoms with Gasteiger partial charge in [-0.05, 0) is 36.4 Å². The van der Waals surface area contributed by atoms with Gasteiger partial charge in [0.05, 0.1) is 5.02 Å². The molecule has 0 bridgehead atoms. The molecule has 0 aliphatic heterocycles. The Hall–Kier alpha value is -1.71. The maximum Gasteiger partial charge on any atom is 0.349 e. The number of carbonyl (C=O) groups is 1. The van der Waals surface area contributed by atoms with E-state index in [0.29, 0.717) is 21.5 Å². The molecule has 0 saturated heterocycles. The Balaban J connectivity index is 1.88. The molecule has 19 heavy (non-hydrogen) atoms. The van der Waals surface area contributed by atoms with Crippen LogP contribution in [-0.2, 0) is 4.79 Å². The second kappa shape index (κ2) is 6.45. The van der Waals surface area contributed by atoms with Crippen molar-refractivity contribution in [2.24, 2.45) is 0 Å². The number of para-hydroxylation sites is 1. The van der Waals surface area contributed by atoms with Crippen LogP contribution in [0.5, 0.6) is 11.5 Å². The van der Waals surface area contributed by atoms with E-state index < -0.39 is 5.97 Å². The first-order valence-corrected chi connectivity index (χ1v) is 6.24. The molecule has 0 N–H and O–H groups in total. The van der Waals surface area contributed by atoms with E-state index in [1.165, 1.54) is 0 Å². The van der Waals surface area contributed by atoms with Crippen molar-refractivity contribution in [3.8, 4) is 11.5 Å². The summed E-state index contributed by atoms with van der Waals surface area (Å²) in [6.07, 6.45) is 0. The number of rotatable bonds is 4. The lowest BCUT2D eigenvalue weighted by molar-refractivity contribution is -0.136. The van der Waals surface area contributed by atoms with Crippen LogP contribution in [0, 0.1) is 0 Å². The monoisotopic (exact) mass is 296 g/mol. The highest BCUT2D eigenvalue weighted by Gasteiger charge is 2.08. The van der Waals surface area contributed by atoms with Gasteiger partial charge in [-0.2, -0.15) is 0 Å². The molecular weight excluding hydrogens is 287 g/mol. The Kier molecular flexibility index (Phi) is 4.66. The summed E-state index contributed by atoms with van der Waals surface area (Å²) >= 11 is 11.6. The number of ether oxygens (including phenoxy) is 2. The third-order valence-electron chi connectivity index (χ3n) is 2.23. The van der Waals surface area contributed by atoms with Crippen LogP contribution in [0.1, 0.15) is 0 Å². The van der Waals surface area contributed by atoms with Crippen LogP contribution >= 0.6 is 23.2 Å². The van der Waals surface area contributed by atoms with Crippen molar-refractivity contribution in [2.45, 2.75) is 0 Å². The van der Waals surface area contributed by atoms with Crippen molar-refractivity contribution < 1.29 is 14.3 Å². The zero-order valence-corrected chi connectivity index (χ0v) is 11.3. The summed E-state index contributed by atoms with van der Waals surface area (Å²) in [5.41, 5.74) is 0. The predicted molar refractivity (Wildman–Crippen MR) is 74.0 cm³/mol. The van der Waals surface area contributed by atoms with Gasteiger partial charge in [0, 0.05) is 5.02 Å². The molecule has 3 nitrogen and oxygen atoms in total. The van der Waals surface area contributed by atoms with E-state index in [0.717, 1.165) is 0 Å². The van der Waals surface area contributed by atoms with Gasteiger partial charge < -0.3 is 9.47 Å². The molecule has 0 amide bonds. The average Bonchev–Trinajstić information content (AvgIpc) is 2.41. The third-order valence-corrected chi connectivity index (χ3v) is 2.79. The molecule has 2 aromatic rings. The minimum atomic E-state index is -0.525. The second-order valence-electron chi connectivity index (χ2n) is 3.65. The molecule has 0 aliphatic carbocycles. The van der Waals surface area contributed by atoms with E-state index in [-0.39, 0.29) is 6.61 Å². The predicted octanol–water partition coefficient (Wildman–Crippen LogP) is 3.98. The summed E-state index contributed by atoms with van der Waals surface area (Å²) in [4.78, 5) is 11.6. The van der Waals surface area contributed by atoms with Crippen LogP contribution in [0.25, 0.3) is 0 Å². The lowest BCUT2D eigenvalue weighted by Gasteiger charge is -2.07. The van der Waals surface area contributed by atoms with Gasteiger partial charge in [-0.3, -0.25) is 0 Å². The first-order chi connectivity index (χ1) is 9.15. The van der Waals surface area contributed by atoms with Gasteiger partial charge >= 0.3 is 5.97 Å². The Labute approximate surface area is 120 Å². The number of hydrogen-bond donors (Lipinski definition) is 0. The summed E-state index contributed by atoms with van der Waals surface area (Å²) in [6.45, 7) is -0.202. The zero-order valence-electron chi connectivity index (χ0n) is 9.81. The first kappa shape index (κ1) is 13.7. The number of carbonyl (C=O) groups excluding carboxylic acids is 1. The maximum absolute atomic E-state index is 11.6. The number of benzene rings is 2. The van der Waals surface area contributed by atoms with Crippen LogP contribution in [0.3, 0.4) is 0 Å². The van der Waals surface area contributed by atoms with Crippen LogP contribution in [0.2, 0.25) is 10.0 Å². The van der Waals surface area contributed by atoms with Gasteiger partial charge in [-0.15, -0.1) is 0 Å². The minimum absolute atomic E-state index is 0.202. The third kappa shape index (κ3) is 4.16. The summed E-state index contributed by atoms with van der Waals surface area (Å²) in [5, 5.41) is 0.980. The van der Waals surface area contributed by atoms with Crippen molar-refractivity contribution >= 4 is 29.2 Å². The molecule has 0 aliphatic rings. The van der Waals surface area contributed by atoms with Gasteiger partial charge in [-0.1, -0.05) is 35.3 Å². The molecule has 0 atom stereocenters. The summed E-state index contributed by atoms with van der Waals surface area (Å²) in [6, 6.07) is 13.4. The van der Waals surface area contributed by atoms with E-state index in [4.69, 9.17) is 32.7 Å². The van der Waals surface area contributed by atoms with Gasteiger partial charge in [0.25, 0.3) is 0 Å². The molecule has 5 heteroatoms. The quantitative estimate of drug-likeness (QED) is 0.632. The molecule has 0 aromatic heterocycles. The molecule has 0 radical (unpaired) electrons. The zero-order chi connectivity index (χ0) is 13.7. The smallest absolute Gasteiger partial charge is 0.349 e. The molecule has 0 unspecified atom stereocenters. The molecule has 0 spiro atoms. The standard InChI is InChI=1S/C14H10Cl2O3/c15-10-5-7-11(8-6-10)18-9-14(17)19-13-4-2-1-3-12(13)16/h1-8H,9H2. The van der Waals surface area contributed by atoms with Crippen LogP contribution in [0.4, 0.5) is 0 Å². The van der Waals surface area contributed by atoms with Crippen LogP contribution in [-0.4, -0.2) is 12.6 Å². The maximum atomic E-state index is 11.6. The Bertz CT molecular complexity index is 567. The fraction of sp³-hybridized carbons (Fsp3) is 0.0714. The Morgan fingerprint density at radius 2 is 1.68 bits per heavy atom. The SMILES string of the molecule is O=C(COc1ccc(Cl)cc1)Oc1ccccc1Cl. The molecule has 2 aromatic carbocycles. The van der Waals surface area contributed by atoms with Crippen LogP contribution < -0.4 is 9.47 Å². The van der Waals surface area contributed by atoms with Crippen molar-refractivity contribution in [3.63, 3.8) is 0 Å². The average molecular weight is 297 g/mol. The normalized spacial score (nSPS) is 10.0. The molecule has 2 rings (SSSR count). The van der Waals surface area contributed by atoms with E-state index in [2.05, 4.69) is 0 Å². The minimum Gasteiger partial charge on any atom is -0.482 e. The molecule has 0 fully saturated rings. The molecule has 98 valence electrons. The van der Waals surface area contributed by atoms with Gasteiger partial charge in [0.15, 0.2) is 6.61 Å². The first-order valence-electron chi connectivity index (χ1n) is 5.49. The van der Waals surface area contributed by atoms with E-state index >= 15 is 0 Å². The van der Waals surface area contributed by atoms with E-state index in [9.17, 15) is 4.79 Å². The van der Waals surface area contributed by atoms with E-state index in [1.54, 1.807) is 48.5 Å². The fourth-order valence-electron chi connectivity index (χ4n) is 1.35. The van der Waals surface area contributed by atoms with Crippen molar-refractivity contribution in [1.29, 1.82) is 0 Å². The van der Waals surface area contributed by atoms with Crippen LogP contribution in [0.15, 0.2) is 48.5 Å². The summed E-state index contributed by atoms with van der Waals surface area (Å²) in [7, 11) is 0. The van der Waals surface area contributed by atoms with Crippen molar-refractivity contribution in [2.75, 3.05) is 6.61 Å². The number of esters is 1. The largest absolute Gasteiger partial charge is 0.482 e.